The van der Waals surface area contributed by atoms with Gasteiger partial charge in [0.1, 0.15) is 5.75 Å². The van der Waals surface area contributed by atoms with E-state index in [1.54, 1.807) is 7.11 Å². The van der Waals surface area contributed by atoms with Crippen molar-refractivity contribution in [2.75, 3.05) is 7.11 Å². The number of rotatable bonds is 6. The topological polar surface area (TPSA) is 43.3 Å². The highest BCUT2D eigenvalue weighted by Crippen LogP contribution is 2.35. The molecule has 4 aromatic rings. The molecule has 1 aliphatic carbocycles. The smallest absolute Gasteiger partial charge is 0.251 e. The fourth-order valence-electron chi connectivity index (χ4n) is 4.92. The van der Waals surface area contributed by atoms with Gasteiger partial charge in [-0.15, -0.1) is 0 Å². The molecule has 5 rings (SSSR count). The molecule has 3 aromatic carbocycles. The summed E-state index contributed by atoms with van der Waals surface area (Å²) in [5, 5.41) is 3.01. The Balaban J connectivity index is 1.42. The summed E-state index contributed by atoms with van der Waals surface area (Å²) < 4.78 is 7.77. The van der Waals surface area contributed by atoms with Crippen LogP contribution in [0.2, 0.25) is 0 Å². The lowest BCUT2D eigenvalue weighted by atomic mass is 9.89. The van der Waals surface area contributed by atoms with Crippen LogP contribution in [0.3, 0.4) is 0 Å². The number of nitrogens with zero attached hydrogens (tertiary/aromatic N) is 1. The molecule has 1 N–H and O–H groups in total. The van der Waals surface area contributed by atoms with E-state index in [1.165, 1.54) is 28.9 Å². The number of hydrogen-bond donors (Lipinski definition) is 1. The second-order valence-corrected chi connectivity index (χ2v) is 9.09. The van der Waals surface area contributed by atoms with E-state index in [1.807, 2.05) is 36.4 Å². The summed E-state index contributed by atoms with van der Waals surface area (Å²) in [6, 6.07) is 28.6. The van der Waals surface area contributed by atoms with Gasteiger partial charge in [0, 0.05) is 29.1 Å². The fourth-order valence-corrected chi connectivity index (χ4v) is 4.92. The third-order valence-corrected chi connectivity index (χ3v) is 6.72. The molecule has 0 saturated carbocycles. The zero-order valence-electron chi connectivity index (χ0n) is 19.8. The summed E-state index contributed by atoms with van der Waals surface area (Å²) in [5.74, 6) is 1.39. The zero-order chi connectivity index (χ0) is 23.5. The second-order valence-electron chi connectivity index (χ2n) is 9.09. The van der Waals surface area contributed by atoms with Crippen molar-refractivity contribution in [1.82, 2.24) is 9.88 Å². The van der Waals surface area contributed by atoms with Gasteiger partial charge < -0.3 is 14.6 Å². The Labute approximate surface area is 201 Å². The molecule has 0 bridgehead atoms. The number of ether oxygens (including phenoxy) is 1. The van der Waals surface area contributed by atoms with Crippen molar-refractivity contribution in [3.05, 3.63) is 107 Å². The van der Waals surface area contributed by atoms with Crippen molar-refractivity contribution < 1.29 is 9.53 Å². The standard InChI is InChI=1S/C30H30N2O2/c1-21-12-17-27-25(18-21)19-28(22-8-4-3-5-9-22)32(27)26-15-13-23(14-16-26)30(33)31-20-24-10-6-7-11-29(24)34-2/h3-11,13-16,19,21H,12,17-18,20H2,1-2H3,(H,31,33)/t21-/m1/s1. The largest absolute Gasteiger partial charge is 0.496 e. The minimum atomic E-state index is -0.0934. The summed E-state index contributed by atoms with van der Waals surface area (Å²) >= 11 is 0. The van der Waals surface area contributed by atoms with Crippen molar-refractivity contribution in [2.24, 2.45) is 5.92 Å². The molecule has 1 heterocycles. The van der Waals surface area contributed by atoms with E-state index in [0.29, 0.717) is 18.0 Å². The van der Waals surface area contributed by atoms with Crippen LogP contribution in [0.5, 0.6) is 5.75 Å². The number of hydrogen-bond acceptors (Lipinski definition) is 2. The maximum absolute atomic E-state index is 12.8. The normalized spacial score (nSPS) is 14.9. The lowest BCUT2D eigenvalue weighted by molar-refractivity contribution is 0.0950. The van der Waals surface area contributed by atoms with Crippen LogP contribution in [0.4, 0.5) is 0 Å². The monoisotopic (exact) mass is 450 g/mol. The average molecular weight is 451 g/mol. The SMILES string of the molecule is COc1ccccc1CNC(=O)c1ccc(-n2c(-c3ccccc3)cc3c2CC[C@@H](C)C3)cc1. The first-order valence-electron chi connectivity index (χ1n) is 11.9. The number of benzene rings is 3. The van der Waals surface area contributed by atoms with Gasteiger partial charge in [-0.1, -0.05) is 55.5 Å². The van der Waals surface area contributed by atoms with E-state index in [2.05, 4.69) is 65.3 Å². The zero-order valence-corrected chi connectivity index (χ0v) is 19.8. The average Bonchev–Trinajstić information content (AvgIpc) is 3.26. The van der Waals surface area contributed by atoms with Gasteiger partial charge in [-0.25, -0.2) is 0 Å². The van der Waals surface area contributed by atoms with Gasteiger partial charge in [0.05, 0.1) is 12.8 Å². The number of aromatic nitrogens is 1. The van der Waals surface area contributed by atoms with E-state index >= 15 is 0 Å². The molecule has 0 radical (unpaired) electrons. The molecule has 1 aliphatic rings. The molecule has 0 fully saturated rings. The number of amides is 1. The highest BCUT2D eigenvalue weighted by Gasteiger charge is 2.23. The Bertz CT molecular complexity index is 1290. The number of carbonyl (C=O) groups excluding carboxylic acids is 1. The summed E-state index contributed by atoms with van der Waals surface area (Å²) in [6.45, 7) is 2.76. The van der Waals surface area contributed by atoms with E-state index in [9.17, 15) is 4.79 Å². The molecule has 1 aromatic heterocycles. The lowest BCUT2D eigenvalue weighted by Crippen LogP contribution is -2.23. The van der Waals surface area contributed by atoms with Crippen LogP contribution in [-0.2, 0) is 19.4 Å². The van der Waals surface area contributed by atoms with E-state index in [0.717, 1.165) is 29.8 Å². The number of carbonyl (C=O) groups is 1. The first kappa shape index (κ1) is 22.0. The molecule has 4 nitrogen and oxygen atoms in total. The van der Waals surface area contributed by atoms with Crippen molar-refractivity contribution in [3.63, 3.8) is 0 Å². The van der Waals surface area contributed by atoms with Crippen LogP contribution in [-0.4, -0.2) is 17.6 Å². The minimum Gasteiger partial charge on any atom is -0.496 e. The Morgan fingerprint density at radius 3 is 2.50 bits per heavy atom. The van der Waals surface area contributed by atoms with Crippen LogP contribution in [0.1, 0.15) is 40.5 Å². The molecule has 1 atom stereocenters. The molecule has 172 valence electrons. The van der Waals surface area contributed by atoms with Crippen LogP contribution in [0.25, 0.3) is 16.9 Å². The maximum atomic E-state index is 12.8. The molecule has 0 aliphatic heterocycles. The molecule has 0 unspecified atom stereocenters. The fraction of sp³-hybridized carbons (Fsp3) is 0.233. The summed E-state index contributed by atoms with van der Waals surface area (Å²) in [5.41, 5.74) is 7.96. The van der Waals surface area contributed by atoms with Gasteiger partial charge in [-0.3, -0.25) is 4.79 Å². The highest BCUT2D eigenvalue weighted by atomic mass is 16.5. The number of methoxy groups -OCH3 is 1. The third kappa shape index (κ3) is 4.36. The predicted molar refractivity (Wildman–Crippen MR) is 137 cm³/mol. The van der Waals surface area contributed by atoms with E-state index in [-0.39, 0.29) is 5.91 Å². The molecule has 34 heavy (non-hydrogen) atoms. The third-order valence-electron chi connectivity index (χ3n) is 6.72. The van der Waals surface area contributed by atoms with Gasteiger partial charge in [0.25, 0.3) is 5.91 Å². The predicted octanol–water partition coefficient (Wildman–Crippen LogP) is 6.21. The molecule has 0 saturated heterocycles. The van der Waals surface area contributed by atoms with E-state index < -0.39 is 0 Å². The van der Waals surface area contributed by atoms with Crippen molar-refractivity contribution in [1.29, 1.82) is 0 Å². The van der Waals surface area contributed by atoms with Crippen molar-refractivity contribution in [2.45, 2.75) is 32.7 Å². The van der Waals surface area contributed by atoms with Crippen LogP contribution in [0, 0.1) is 5.92 Å². The summed E-state index contributed by atoms with van der Waals surface area (Å²) in [4.78, 5) is 12.8. The Kier molecular flexibility index (Phi) is 6.22. The number of nitrogens with one attached hydrogen (secondary N) is 1. The number of fused-ring (bicyclic) bond motifs is 1. The maximum Gasteiger partial charge on any atom is 0.251 e. The van der Waals surface area contributed by atoms with Crippen molar-refractivity contribution in [3.8, 4) is 22.7 Å². The summed E-state index contributed by atoms with van der Waals surface area (Å²) in [7, 11) is 1.64. The van der Waals surface area contributed by atoms with Crippen molar-refractivity contribution >= 4 is 5.91 Å². The Morgan fingerprint density at radius 1 is 1.00 bits per heavy atom. The molecule has 4 heteroatoms. The first-order chi connectivity index (χ1) is 16.6. The summed E-state index contributed by atoms with van der Waals surface area (Å²) in [6.07, 6.45) is 3.39. The quantitative estimate of drug-likeness (QED) is 0.380. The Hall–Kier alpha value is -3.79. The molecular weight excluding hydrogens is 420 g/mol. The van der Waals surface area contributed by atoms with Gasteiger partial charge in [0.15, 0.2) is 0 Å². The number of para-hydroxylation sites is 1. The van der Waals surface area contributed by atoms with Gasteiger partial charge >= 0.3 is 0 Å². The minimum absolute atomic E-state index is 0.0934. The lowest BCUT2D eigenvalue weighted by Gasteiger charge is -2.21. The molecule has 0 spiro atoms. The van der Waals surface area contributed by atoms with Gasteiger partial charge in [-0.2, -0.15) is 0 Å². The van der Waals surface area contributed by atoms with Crippen LogP contribution >= 0.6 is 0 Å². The second kappa shape index (κ2) is 9.60. The van der Waals surface area contributed by atoms with Crippen LogP contribution < -0.4 is 10.1 Å². The van der Waals surface area contributed by atoms with Gasteiger partial charge in [0.2, 0.25) is 0 Å². The van der Waals surface area contributed by atoms with E-state index in [4.69, 9.17) is 4.74 Å². The molecule has 1 amide bonds. The first-order valence-corrected chi connectivity index (χ1v) is 11.9. The Morgan fingerprint density at radius 2 is 1.74 bits per heavy atom. The van der Waals surface area contributed by atoms with Crippen LogP contribution in [0.15, 0.2) is 84.9 Å². The van der Waals surface area contributed by atoms with Gasteiger partial charge in [-0.05, 0) is 72.7 Å². The molecular formula is C30H30N2O2. The highest BCUT2D eigenvalue weighted by molar-refractivity contribution is 5.94.